The van der Waals surface area contributed by atoms with Crippen molar-refractivity contribution < 1.29 is 9.31 Å². The maximum Gasteiger partial charge on any atom is 0.487 e. The molecule has 0 bridgehead atoms. The van der Waals surface area contributed by atoms with Crippen LogP contribution in [0.25, 0.3) is 6.08 Å². The van der Waals surface area contributed by atoms with Crippen LogP contribution in [-0.2, 0) is 15.7 Å². The van der Waals surface area contributed by atoms with Gasteiger partial charge < -0.3 is 15.0 Å². The summed E-state index contributed by atoms with van der Waals surface area (Å²) in [6, 6.07) is 1.92. The summed E-state index contributed by atoms with van der Waals surface area (Å²) in [5.74, 6) is 1.90. The van der Waals surface area contributed by atoms with Crippen molar-refractivity contribution in [2.75, 3.05) is 5.73 Å². The van der Waals surface area contributed by atoms with Gasteiger partial charge in [-0.2, -0.15) is 0 Å². The zero-order valence-electron chi connectivity index (χ0n) is 12.9. The van der Waals surface area contributed by atoms with E-state index in [-0.39, 0.29) is 18.3 Å². The molecular formula is C15H23BN2O2. The standard InChI is InChI=1S/C15H23BN2O2/c1-6-13-12(17)9-11(10-18-13)7-8-16-19-14(2,3)15(4,5)20-16/h7-10H,6,17H2,1-5H3/b8-7+. The molecule has 2 N–H and O–H groups in total. The van der Waals surface area contributed by atoms with Crippen LogP contribution in [0.15, 0.2) is 18.2 Å². The summed E-state index contributed by atoms with van der Waals surface area (Å²) >= 11 is 0. The minimum atomic E-state index is -0.341. The highest BCUT2D eigenvalue weighted by molar-refractivity contribution is 6.52. The smallest absolute Gasteiger partial charge is 0.400 e. The van der Waals surface area contributed by atoms with Gasteiger partial charge in [0, 0.05) is 6.20 Å². The maximum atomic E-state index is 5.94. The molecule has 2 rings (SSSR count). The molecular weight excluding hydrogens is 251 g/mol. The van der Waals surface area contributed by atoms with Crippen molar-refractivity contribution in [2.24, 2.45) is 0 Å². The quantitative estimate of drug-likeness (QED) is 0.861. The average Bonchev–Trinajstić information content (AvgIpc) is 2.55. The Morgan fingerprint density at radius 1 is 1.25 bits per heavy atom. The number of nitrogens with two attached hydrogens (primary N) is 1. The minimum Gasteiger partial charge on any atom is -0.400 e. The van der Waals surface area contributed by atoms with Gasteiger partial charge in [-0.1, -0.05) is 19.0 Å². The van der Waals surface area contributed by atoms with Crippen molar-refractivity contribution in [3.8, 4) is 0 Å². The molecule has 0 atom stereocenters. The molecule has 1 aliphatic heterocycles. The number of aryl methyl sites for hydroxylation is 1. The lowest BCUT2D eigenvalue weighted by Gasteiger charge is -2.32. The molecule has 0 unspecified atom stereocenters. The van der Waals surface area contributed by atoms with E-state index in [1.54, 1.807) is 0 Å². The first-order chi connectivity index (χ1) is 9.25. The van der Waals surface area contributed by atoms with Crippen LogP contribution < -0.4 is 5.73 Å². The predicted molar refractivity (Wildman–Crippen MR) is 83.1 cm³/mol. The molecule has 0 aliphatic carbocycles. The van der Waals surface area contributed by atoms with Crippen LogP contribution in [0.1, 0.15) is 45.9 Å². The highest BCUT2D eigenvalue weighted by Gasteiger charge is 2.49. The van der Waals surface area contributed by atoms with Gasteiger partial charge in [-0.05, 0) is 45.7 Å². The van der Waals surface area contributed by atoms with E-state index in [1.165, 1.54) is 0 Å². The van der Waals surface area contributed by atoms with Gasteiger partial charge in [-0.3, -0.25) is 4.98 Å². The minimum absolute atomic E-state index is 0.314. The summed E-state index contributed by atoms with van der Waals surface area (Å²) in [6.07, 6.45) is 4.59. The molecule has 0 spiro atoms. The van der Waals surface area contributed by atoms with E-state index < -0.39 is 0 Å². The van der Waals surface area contributed by atoms with Crippen molar-refractivity contribution in [3.63, 3.8) is 0 Å². The molecule has 1 aromatic rings. The monoisotopic (exact) mass is 274 g/mol. The van der Waals surface area contributed by atoms with E-state index >= 15 is 0 Å². The molecule has 1 aromatic heterocycles. The Labute approximate surface area is 121 Å². The lowest BCUT2D eigenvalue weighted by molar-refractivity contribution is 0.00578. The number of pyridine rings is 1. The first-order valence-electron chi connectivity index (χ1n) is 7.03. The van der Waals surface area contributed by atoms with E-state index in [0.717, 1.165) is 23.4 Å². The number of hydrogen-bond acceptors (Lipinski definition) is 4. The molecule has 0 aromatic carbocycles. The van der Waals surface area contributed by atoms with Gasteiger partial charge in [0.05, 0.1) is 22.6 Å². The first-order valence-corrected chi connectivity index (χ1v) is 7.03. The predicted octanol–water partition coefficient (Wildman–Crippen LogP) is 2.87. The Morgan fingerprint density at radius 2 is 1.85 bits per heavy atom. The molecule has 20 heavy (non-hydrogen) atoms. The Hall–Kier alpha value is -1.33. The molecule has 0 amide bonds. The number of nitrogens with zero attached hydrogens (tertiary/aromatic N) is 1. The Balaban J connectivity index is 2.10. The molecule has 108 valence electrons. The fourth-order valence-corrected chi connectivity index (χ4v) is 2.07. The molecule has 0 saturated carbocycles. The number of anilines is 1. The lowest BCUT2D eigenvalue weighted by atomic mass is 9.89. The van der Waals surface area contributed by atoms with Crippen LogP contribution in [0, 0.1) is 0 Å². The second kappa shape index (κ2) is 5.22. The summed E-state index contributed by atoms with van der Waals surface area (Å²) < 4.78 is 11.8. The highest BCUT2D eigenvalue weighted by atomic mass is 16.7. The van der Waals surface area contributed by atoms with Crippen LogP contribution in [0.5, 0.6) is 0 Å². The molecule has 0 radical (unpaired) electrons. The van der Waals surface area contributed by atoms with Crippen molar-refractivity contribution >= 4 is 18.9 Å². The summed E-state index contributed by atoms with van der Waals surface area (Å²) in [5.41, 5.74) is 7.92. The second-order valence-electron chi connectivity index (χ2n) is 6.14. The van der Waals surface area contributed by atoms with Crippen molar-refractivity contribution in [1.82, 2.24) is 4.98 Å². The van der Waals surface area contributed by atoms with Gasteiger partial charge in [0.2, 0.25) is 0 Å². The van der Waals surface area contributed by atoms with E-state index in [4.69, 9.17) is 15.0 Å². The Kier molecular flexibility index (Phi) is 3.94. The number of hydrogen-bond donors (Lipinski definition) is 1. The van der Waals surface area contributed by atoms with Crippen molar-refractivity contribution in [1.29, 1.82) is 0 Å². The van der Waals surface area contributed by atoms with Gasteiger partial charge in [0.25, 0.3) is 0 Å². The molecule has 4 nitrogen and oxygen atoms in total. The maximum absolute atomic E-state index is 5.94. The normalized spacial score (nSPS) is 20.8. The molecule has 5 heteroatoms. The fraction of sp³-hybridized carbons (Fsp3) is 0.533. The van der Waals surface area contributed by atoms with Crippen LogP contribution in [0.4, 0.5) is 5.69 Å². The molecule has 1 saturated heterocycles. The van der Waals surface area contributed by atoms with E-state index in [0.29, 0.717) is 0 Å². The van der Waals surface area contributed by atoms with E-state index in [9.17, 15) is 0 Å². The van der Waals surface area contributed by atoms with Gasteiger partial charge >= 0.3 is 7.12 Å². The molecule has 2 heterocycles. The van der Waals surface area contributed by atoms with Crippen LogP contribution >= 0.6 is 0 Å². The third-order valence-electron chi connectivity index (χ3n) is 4.08. The summed E-state index contributed by atoms with van der Waals surface area (Å²) in [7, 11) is -0.341. The van der Waals surface area contributed by atoms with Crippen LogP contribution in [0.2, 0.25) is 0 Å². The van der Waals surface area contributed by atoms with E-state index in [2.05, 4.69) is 4.98 Å². The third-order valence-corrected chi connectivity index (χ3v) is 4.08. The highest BCUT2D eigenvalue weighted by Crippen LogP contribution is 2.37. The zero-order valence-corrected chi connectivity index (χ0v) is 12.9. The van der Waals surface area contributed by atoms with Crippen molar-refractivity contribution in [3.05, 3.63) is 29.5 Å². The summed E-state index contributed by atoms with van der Waals surface area (Å²) in [5, 5.41) is 0. The number of nitrogen functional groups attached to an aromatic ring is 1. The Bertz CT molecular complexity index is 511. The third kappa shape index (κ3) is 2.89. The Morgan fingerprint density at radius 3 is 2.35 bits per heavy atom. The number of rotatable bonds is 3. The zero-order chi connectivity index (χ0) is 15.0. The van der Waals surface area contributed by atoms with E-state index in [1.807, 2.05) is 58.9 Å². The largest absolute Gasteiger partial charge is 0.487 e. The topological polar surface area (TPSA) is 57.4 Å². The van der Waals surface area contributed by atoms with Gasteiger partial charge in [0.1, 0.15) is 0 Å². The first kappa shape index (κ1) is 15.1. The van der Waals surface area contributed by atoms with Gasteiger partial charge in [0.15, 0.2) is 0 Å². The lowest BCUT2D eigenvalue weighted by Crippen LogP contribution is -2.41. The molecule has 1 fully saturated rings. The van der Waals surface area contributed by atoms with Crippen LogP contribution in [-0.4, -0.2) is 23.3 Å². The average molecular weight is 274 g/mol. The fourth-order valence-electron chi connectivity index (χ4n) is 2.07. The van der Waals surface area contributed by atoms with Gasteiger partial charge in [-0.25, -0.2) is 0 Å². The SMILES string of the molecule is CCc1ncc(/C=C/B2OC(C)(C)C(C)(C)O2)cc1N. The second-order valence-corrected chi connectivity index (χ2v) is 6.14. The summed E-state index contributed by atoms with van der Waals surface area (Å²) in [6.45, 7) is 10.2. The van der Waals surface area contributed by atoms with Crippen molar-refractivity contribution in [2.45, 2.75) is 52.2 Å². The van der Waals surface area contributed by atoms with Gasteiger partial charge in [-0.15, -0.1) is 0 Å². The molecule has 1 aliphatic rings. The summed E-state index contributed by atoms with van der Waals surface area (Å²) in [4.78, 5) is 4.34. The van der Waals surface area contributed by atoms with Crippen LogP contribution in [0.3, 0.4) is 0 Å². The number of aromatic nitrogens is 1.